The van der Waals surface area contributed by atoms with Crippen LogP contribution < -0.4 is 28.7 Å². The van der Waals surface area contributed by atoms with Crippen LogP contribution in [0.3, 0.4) is 0 Å². The van der Waals surface area contributed by atoms with Gasteiger partial charge in [0.25, 0.3) is 0 Å². The number of halogens is 2. The summed E-state index contributed by atoms with van der Waals surface area (Å²) in [5.74, 6) is 0.256. The van der Waals surface area contributed by atoms with Gasteiger partial charge in [0.15, 0.2) is 0 Å². The molecule has 1 aliphatic carbocycles. The summed E-state index contributed by atoms with van der Waals surface area (Å²) in [7, 11) is 0. The van der Waals surface area contributed by atoms with Crippen LogP contribution in [0.1, 0.15) is 28.2 Å². The van der Waals surface area contributed by atoms with Crippen molar-refractivity contribution in [2.24, 2.45) is 0 Å². The number of rotatable bonds is 5. The Morgan fingerprint density at radius 2 is 1.15 bits per heavy atom. The molecule has 0 saturated carbocycles. The van der Waals surface area contributed by atoms with E-state index in [1.807, 2.05) is 0 Å². The van der Waals surface area contributed by atoms with Gasteiger partial charge in [0.1, 0.15) is 0 Å². The van der Waals surface area contributed by atoms with Crippen molar-refractivity contribution in [2.75, 3.05) is 0 Å². The van der Waals surface area contributed by atoms with Gasteiger partial charge in [0, 0.05) is 0 Å². The van der Waals surface area contributed by atoms with Gasteiger partial charge in [0.05, 0.1) is 0 Å². The zero-order valence-electron chi connectivity index (χ0n) is 18.4. The third-order valence-corrected chi connectivity index (χ3v) is 8.00. The summed E-state index contributed by atoms with van der Waals surface area (Å²) in [4.78, 5) is 0. The van der Waals surface area contributed by atoms with Gasteiger partial charge in [-0.25, -0.2) is 0 Å². The van der Waals surface area contributed by atoms with Crippen LogP contribution in [0.25, 0.3) is 21.9 Å². The molecular weight excluding hydrogens is 495 g/mol. The number of hydrogen-bond donors (Lipinski definition) is 0. The molecule has 0 amide bonds. The molecule has 34 heavy (non-hydrogen) atoms. The van der Waals surface area contributed by atoms with E-state index in [1.165, 1.54) is 48.0 Å². The van der Waals surface area contributed by atoms with Crippen molar-refractivity contribution in [3.05, 3.63) is 138 Å². The predicted octanol–water partition coefficient (Wildman–Crippen LogP) is 0.848. The van der Waals surface area contributed by atoms with Gasteiger partial charge in [0.2, 0.25) is 0 Å². The van der Waals surface area contributed by atoms with Crippen molar-refractivity contribution in [2.45, 2.75) is 12.5 Å². The second-order valence-corrected chi connectivity index (χ2v) is 9.79. The van der Waals surface area contributed by atoms with Gasteiger partial charge in [-0.15, -0.1) is 0 Å². The SMILES string of the molecule is [Cl-].[Cl-].c1ccc(C[O][Ti+2][c]2c(C3c4ccccc4-c4ccccc43)ccc3ccccc23)cc1. The Morgan fingerprint density at radius 1 is 0.559 bits per heavy atom. The molecule has 5 aromatic carbocycles. The van der Waals surface area contributed by atoms with Crippen molar-refractivity contribution >= 4 is 14.6 Å². The maximum absolute atomic E-state index is 6.42. The van der Waals surface area contributed by atoms with Crippen molar-refractivity contribution in [3.63, 3.8) is 0 Å². The molecule has 0 unspecified atom stereocenters. The van der Waals surface area contributed by atoms with Gasteiger partial charge in [-0.2, -0.15) is 0 Å². The summed E-state index contributed by atoms with van der Waals surface area (Å²) in [5.41, 5.74) is 8.15. The molecule has 1 aliphatic rings. The summed E-state index contributed by atoms with van der Waals surface area (Å²) < 4.78 is 7.83. The number of benzene rings is 5. The van der Waals surface area contributed by atoms with E-state index in [9.17, 15) is 0 Å². The quantitative estimate of drug-likeness (QED) is 0.309. The minimum atomic E-state index is -0.787. The summed E-state index contributed by atoms with van der Waals surface area (Å²) in [6, 6.07) is 41.6. The molecule has 0 aromatic heterocycles. The summed E-state index contributed by atoms with van der Waals surface area (Å²) in [6.45, 7) is 0.668. The summed E-state index contributed by atoms with van der Waals surface area (Å²) in [6.07, 6.45) is 0. The first kappa shape index (κ1) is 24.7. The fourth-order valence-corrected chi connectivity index (χ4v) is 6.56. The van der Waals surface area contributed by atoms with E-state index in [2.05, 4.69) is 115 Å². The molecular formula is C30H22Cl2OTi. The first-order valence-corrected chi connectivity index (χ1v) is 12.4. The van der Waals surface area contributed by atoms with Gasteiger partial charge in [-0.05, 0) is 0 Å². The molecule has 0 bridgehead atoms. The fourth-order valence-electron chi connectivity index (χ4n) is 4.90. The molecule has 0 atom stereocenters. The molecule has 0 saturated heterocycles. The van der Waals surface area contributed by atoms with Crippen molar-refractivity contribution < 1.29 is 47.7 Å². The van der Waals surface area contributed by atoms with Gasteiger partial charge < -0.3 is 24.8 Å². The maximum atomic E-state index is 6.42. The fraction of sp³-hybridized carbons (Fsp3) is 0.0667. The van der Waals surface area contributed by atoms with Crippen molar-refractivity contribution in [1.82, 2.24) is 0 Å². The van der Waals surface area contributed by atoms with E-state index in [-0.39, 0.29) is 30.7 Å². The first-order valence-electron chi connectivity index (χ1n) is 11.0. The Kier molecular flexibility index (Phi) is 7.93. The van der Waals surface area contributed by atoms with E-state index in [0.717, 1.165) is 0 Å². The summed E-state index contributed by atoms with van der Waals surface area (Å²) in [5, 5.41) is 2.62. The van der Waals surface area contributed by atoms with E-state index >= 15 is 0 Å². The second kappa shape index (κ2) is 10.9. The third-order valence-electron chi connectivity index (χ3n) is 6.36. The second-order valence-electron chi connectivity index (χ2n) is 8.23. The predicted molar refractivity (Wildman–Crippen MR) is 128 cm³/mol. The van der Waals surface area contributed by atoms with Crippen LogP contribution in [0.15, 0.2) is 115 Å². The van der Waals surface area contributed by atoms with E-state index in [0.29, 0.717) is 6.61 Å². The molecule has 6 rings (SSSR count). The third kappa shape index (κ3) is 4.47. The van der Waals surface area contributed by atoms with Crippen LogP contribution in [0, 0.1) is 0 Å². The van der Waals surface area contributed by atoms with Crippen LogP contribution in [0.4, 0.5) is 0 Å². The first-order chi connectivity index (χ1) is 15.9. The van der Waals surface area contributed by atoms with Gasteiger partial charge in [-0.3, -0.25) is 0 Å². The van der Waals surface area contributed by atoms with Crippen molar-refractivity contribution in [3.8, 4) is 11.1 Å². The Balaban J connectivity index is 0.00000137. The Labute approximate surface area is 222 Å². The average molecular weight is 517 g/mol. The molecule has 0 aliphatic heterocycles. The van der Waals surface area contributed by atoms with E-state index in [1.54, 1.807) is 0 Å². The Bertz CT molecular complexity index is 1370. The topological polar surface area (TPSA) is 9.23 Å². The van der Waals surface area contributed by atoms with Crippen LogP contribution in [0.2, 0.25) is 0 Å². The monoisotopic (exact) mass is 516 g/mol. The van der Waals surface area contributed by atoms with Gasteiger partial charge >= 0.3 is 199 Å². The zero-order chi connectivity index (χ0) is 21.3. The zero-order valence-corrected chi connectivity index (χ0v) is 21.5. The van der Waals surface area contributed by atoms with E-state index < -0.39 is 19.5 Å². The van der Waals surface area contributed by atoms with Gasteiger partial charge in [-0.1, -0.05) is 0 Å². The standard InChI is InChI=1S/C23H15.C7H7O.2ClH.Ti/c1-2-8-17-15-18(14-13-16(17)7-1)23-21-11-5-3-9-19(21)20-10-4-6-12-22(20)23;8-6-7-4-2-1-3-5-7;;;/h1-14,23H;1-5H,6H2;2*1H;/q;-1;;;+3/p-2. The Hall–Kier alpha value is -2.39. The number of fused-ring (bicyclic) bond motifs is 4. The molecule has 5 aromatic rings. The average Bonchev–Trinajstić information content (AvgIpc) is 3.19. The van der Waals surface area contributed by atoms with Crippen LogP contribution in [-0.4, -0.2) is 0 Å². The van der Waals surface area contributed by atoms with Crippen LogP contribution in [0.5, 0.6) is 0 Å². The molecule has 1 nitrogen and oxygen atoms in total. The number of hydrogen-bond acceptors (Lipinski definition) is 1. The summed E-state index contributed by atoms with van der Waals surface area (Å²) >= 11 is -0.787. The van der Waals surface area contributed by atoms with Crippen LogP contribution in [-0.2, 0) is 29.5 Å². The molecule has 0 heterocycles. The molecule has 166 valence electrons. The molecule has 0 N–H and O–H groups in total. The molecule has 0 radical (unpaired) electrons. The van der Waals surface area contributed by atoms with Crippen molar-refractivity contribution in [1.29, 1.82) is 0 Å². The molecule has 0 fully saturated rings. The van der Waals surface area contributed by atoms with Crippen LogP contribution >= 0.6 is 0 Å². The molecule has 4 heteroatoms. The normalized spacial score (nSPS) is 11.6. The van der Waals surface area contributed by atoms with E-state index in [4.69, 9.17) is 3.32 Å². The minimum absolute atomic E-state index is 0. The molecule has 0 spiro atoms. The Morgan fingerprint density at radius 3 is 1.85 bits per heavy atom.